The van der Waals surface area contributed by atoms with E-state index in [4.69, 9.17) is 4.74 Å². The molecule has 2 atom stereocenters. The molecule has 3 aromatic rings. The van der Waals surface area contributed by atoms with Gasteiger partial charge in [0, 0.05) is 31.0 Å². The minimum absolute atomic E-state index is 0.188. The maximum Gasteiger partial charge on any atom is 0.140 e. The summed E-state index contributed by atoms with van der Waals surface area (Å²) in [5, 5.41) is 0. The third-order valence-corrected chi connectivity index (χ3v) is 7.07. The Bertz CT molecular complexity index is 1020. The zero-order valence-electron chi connectivity index (χ0n) is 18.5. The largest absolute Gasteiger partial charge is 0.489 e. The summed E-state index contributed by atoms with van der Waals surface area (Å²) in [6.45, 7) is 1.55. The lowest BCUT2D eigenvalue weighted by Crippen LogP contribution is -2.44. The van der Waals surface area contributed by atoms with E-state index in [1.54, 1.807) is 0 Å². The fourth-order valence-corrected chi connectivity index (χ4v) is 5.42. The molecule has 2 unspecified atom stereocenters. The second kappa shape index (κ2) is 9.70. The van der Waals surface area contributed by atoms with E-state index < -0.39 is 0 Å². The van der Waals surface area contributed by atoms with E-state index in [1.807, 2.05) is 42.5 Å². The van der Waals surface area contributed by atoms with Crippen molar-refractivity contribution >= 4 is 5.78 Å². The maximum atomic E-state index is 13.2. The van der Waals surface area contributed by atoms with Gasteiger partial charge in [0.1, 0.15) is 18.1 Å². The smallest absolute Gasteiger partial charge is 0.140 e. The van der Waals surface area contributed by atoms with Crippen molar-refractivity contribution in [3.8, 4) is 5.75 Å². The van der Waals surface area contributed by atoms with Crippen molar-refractivity contribution in [1.82, 2.24) is 4.90 Å². The molecule has 0 amide bonds. The predicted octanol–water partition coefficient (Wildman–Crippen LogP) is 5.82. The lowest BCUT2D eigenvalue weighted by Gasteiger charge is -2.38. The first-order valence-corrected chi connectivity index (χ1v) is 11.8. The van der Waals surface area contributed by atoms with Gasteiger partial charge in [-0.15, -0.1) is 0 Å². The molecule has 0 spiro atoms. The number of benzene rings is 3. The SMILES string of the molecule is O=C(Cc1cccc(OCc2ccccc2)c1)C1CC2CCC(C1)N2Cc1ccccc1. The van der Waals surface area contributed by atoms with Crippen LogP contribution in [0, 0.1) is 5.92 Å². The normalized spacial score (nSPS) is 22.6. The van der Waals surface area contributed by atoms with Crippen molar-refractivity contribution in [2.24, 2.45) is 5.92 Å². The summed E-state index contributed by atoms with van der Waals surface area (Å²) in [5.41, 5.74) is 3.58. The Morgan fingerprint density at radius 2 is 1.41 bits per heavy atom. The number of carbonyl (C=O) groups excluding carboxylic acids is 1. The number of rotatable bonds is 8. The maximum absolute atomic E-state index is 13.2. The van der Waals surface area contributed by atoms with Crippen LogP contribution >= 0.6 is 0 Å². The van der Waals surface area contributed by atoms with Gasteiger partial charge in [-0.1, -0.05) is 72.8 Å². The molecule has 2 aliphatic rings. The van der Waals surface area contributed by atoms with Crippen molar-refractivity contribution in [2.45, 2.75) is 57.3 Å². The van der Waals surface area contributed by atoms with Gasteiger partial charge in [-0.25, -0.2) is 0 Å². The summed E-state index contributed by atoms with van der Waals surface area (Å²) in [6.07, 6.45) is 4.97. The average Bonchev–Trinajstić information content (AvgIpc) is 3.05. The predicted molar refractivity (Wildman–Crippen MR) is 127 cm³/mol. The number of ketones is 1. The van der Waals surface area contributed by atoms with Crippen molar-refractivity contribution in [3.63, 3.8) is 0 Å². The Kier molecular flexibility index (Phi) is 6.36. The van der Waals surface area contributed by atoms with Crippen molar-refractivity contribution < 1.29 is 9.53 Å². The molecular formula is C29H31NO2. The van der Waals surface area contributed by atoms with Crippen LogP contribution in [0.3, 0.4) is 0 Å². The van der Waals surface area contributed by atoms with Crippen LogP contribution in [0.5, 0.6) is 5.75 Å². The second-order valence-corrected chi connectivity index (χ2v) is 9.28. The fourth-order valence-electron chi connectivity index (χ4n) is 5.42. The lowest BCUT2D eigenvalue weighted by molar-refractivity contribution is -0.124. The summed E-state index contributed by atoms with van der Waals surface area (Å²) in [7, 11) is 0. The highest BCUT2D eigenvalue weighted by Crippen LogP contribution is 2.40. The summed E-state index contributed by atoms with van der Waals surface area (Å²) >= 11 is 0. The third kappa shape index (κ3) is 4.94. The first-order valence-electron chi connectivity index (χ1n) is 11.8. The van der Waals surface area contributed by atoms with Gasteiger partial charge < -0.3 is 4.74 Å². The van der Waals surface area contributed by atoms with Crippen LogP contribution in [0.2, 0.25) is 0 Å². The summed E-state index contributed by atoms with van der Waals surface area (Å²) < 4.78 is 5.96. The quantitative estimate of drug-likeness (QED) is 0.455. The van der Waals surface area contributed by atoms with E-state index in [1.165, 1.54) is 18.4 Å². The Morgan fingerprint density at radius 3 is 2.09 bits per heavy atom. The van der Waals surface area contributed by atoms with Gasteiger partial charge in [0.05, 0.1) is 0 Å². The van der Waals surface area contributed by atoms with E-state index >= 15 is 0 Å². The highest BCUT2D eigenvalue weighted by Gasteiger charge is 2.42. The molecule has 5 rings (SSSR count). The zero-order valence-corrected chi connectivity index (χ0v) is 18.5. The number of ether oxygens (including phenoxy) is 1. The molecule has 0 N–H and O–H groups in total. The highest BCUT2D eigenvalue weighted by atomic mass is 16.5. The minimum atomic E-state index is 0.188. The molecule has 2 saturated heterocycles. The van der Waals surface area contributed by atoms with Gasteiger partial charge in [0.25, 0.3) is 0 Å². The first kappa shape index (κ1) is 21.0. The number of Topliss-reactive ketones (excluding diaryl/α,β-unsaturated/α-hetero) is 1. The minimum Gasteiger partial charge on any atom is -0.489 e. The number of hydrogen-bond donors (Lipinski definition) is 0. The van der Waals surface area contributed by atoms with E-state index in [-0.39, 0.29) is 5.92 Å². The Balaban J connectivity index is 1.17. The monoisotopic (exact) mass is 425 g/mol. The molecule has 2 fully saturated rings. The van der Waals surface area contributed by atoms with Gasteiger partial charge in [0.15, 0.2) is 0 Å². The third-order valence-electron chi connectivity index (χ3n) is 7.07. The number of hydrogen-bond acceptors (Lipinski definition) is 3. The number of fused-ring (bicyclic) bond motifs is 2. The van der Waals surface area contributed by atoms with Crippen LogP contribution in [0.4, 0.5) is 0 Å². The van der Waals surface area contributed by atoms with E-state index in [2.05, 4.69) is 47.4 Å². The summed E-state index contributed by atoms with van der Waals surface area (Å²) in [4.78, 5) is 15.8. The van der Waals surface area contributed by atoms with Gasteiger partial charge in [-0.2, -0.15) is 0 Å². The van der Waals surface area contributed by atoms with Gasteiger partial charge >= 0.3 is 0 Å². The fraction of sp³-hybridized carbons (Fsp3) is 0.345. The molecule has 32 heavy (non-hydrogen) atoms. The summed E-state index contributed by atoms with van der Waals surface area (Å²) in [6, 6.07) is 30.0. The molecule has 164 valence electrons. The van der Waals surface area contributed by atoms with Crippen LogP contribution in [-0.2, 0) is 24.4 Å². The molecule has 0 aliphatic carbocycles. The summed E-state index contributed by atoms with van der Waals surface area (Å²) in [5.74, 6) is 1.41. The Morgan fingerprint density at radius 1 is 0.781 bits per heavy atom. The number of nitrogens with zero attached hydrogens (tertiary/aromatic N) is 1. The first-order chi connectivity index (χ1) is 15.7. The van der Waals surface area contributed by atoms with Crippen molar-refractivity contribution in [3.05, 3.63) is 102 Å². The Labute approximate surface area is 191 Å². The van der Waals surface area contributed by atoms with Gasteiger partial charge in [-0.05, 0) is 54.5 Å². The molecule has 2 bridgehead atoms. The molecule has 2 heterocycles. The molecule has 3 aromatic carbocycles. The van der Waals surface area contributed by atoms with Gasteiger partial charge in [-0.3, -0.25) is 9.69 Å². The Hall–Kier alpha value is -2.91. The van der Waals surface area contributed by atoms with Crippen LogP contribution in [0.15, 0.2) is 84.9 Å². The van der Waals surface area contributed by atoms with Crippen LogP contribution in [0.1, 0.15) is 42.4 Å². The highest BCUT2D eigenvalue weighted by molar-refractivity contribution is 5.83. The molecule has 3 nitrogen and oxygen atoms in total. The van der Waals surface area contributed by atoms with Crippen molar-refractivity contribution in [1.29, 1.82) is 0 Å². The molecule has 0 aromatic heterocycles. The van der Waals surface area contributed by atoms with Crippen molar-refractivity contribution in [2.75, 3.05) is 0 Å². The van der Waals surface area contributed by atoms with Gasteiger partial charge in [0.2, 0.25) is 0 Å². The average molecular weight is 426 g/mol. The molecule has 2 aliphatic heterocycles. The molecule has 0 radical (unpaired) electrons. The molecular weight excluding hydrogens is 394 g/mol. The number of piperidine rings is 1. The number of carbonyl (C=O) groups is 1. The topological polar surface area (TPSA) is 29.5 Å². The molecule has 0 saturated carbocycles. The van der Waals surface area contributed by atoms with Crippen LogP contribution in [0.25, 0.3) is 0 Å². The zero-order chi connectivity index (χ0) is 21.8. The van der Waals surface area contributed by atoms with Crippen LogP contribution in [-0.4, -0.2) is 22.8 Å². The standard InChI is InChI=1S/C29H31NO2/c31-29(17-24-12-7-13-28(16-24)32-21-23-10-5-2-6-11-23)25-18-26-14-15-27(19-25)30(26)20-22-8-3-1-4-9-22/h1-13,16,25-27H,14-15,17-21H2. The lowest BCUT2D eigenvalue weighted by atomic mass is 9.85. The molecule has 3 heteroatoms. The van der Waals surface area contributed by atoms with E-state index in [0.717, 1.165) is 36.3 Å². The van der Waals surface area contributed by atoms with Crippen LogP contribution < -0.4 is 4.74 Å². The second-order valence-electron chi connectivity index (χ2n) is 9.28. The van der Waals surface area contributed by atoms with E-state index in [0.29, 0.717) is 30.9 Å². The van der Waals surface area contributed by atoms with E-state index in [9.17, 15) is 4.79 Å².